The summed E-state index contributed by atoms with van der Waals surface area (Å²) in [5.74, 6) is 3.52. The van der Waals surface area contributed by atoms with Crippen LogP contribution in [-0.2, 0) is 13.1 Å². The molecule has 7 nitrogen and oxygen atoms in total. The minimum absolute atomic E-state index is 0.380. The predicted molar refractivity (Wildman–Crippen MR) is 120 cm³/mol. The smallest absolute Gasteiger partial charge is 0.151 e. The molecule has 1 aliphatic carbocycles. The van der Waals surface area contributed by atoms with Gasteiger partial charge in [0.05, 0.1) is 17.9 Å². The van der Waals surface area contributed by atoms with Crippen molar-refractivity contribution >= 4 is 17.4 Å². The Morgan fingerprint density at radius 1 is 0.968 bits per heavy atom. The van der Waals surface area contributed by atoms with Crippen LogP contribution < -0.4 is 4.90 Å². The molecule has 0 unspecified atom stereocenters. The lowest BCUT2D eigenvalue weighted by atomic mass is 9.95. The quantitative estimate of drug-likeness (QED) is 0.622. The Balaban J connectivity index is 1.31. The summed E-state index contributed by atoms with van der Waals surface area (Å²) in [5, 5.41) is 10.2. The second kappa shape index (κ2) is 7.57. The first kappa shape index (κ1) is 19.2. The zero-order valence-electron chi connectivity index (χ0n) is 17.7. The van der Waals surface area contributed by atoms with Crippen LogP contribution in [0.25, 0.3) is 5.69 Å². The van der Waals surface area contributed by atoms with Crippen molar-refractivity contribution in [2.75, 3.05) is 18.0 Å². The van der Waals surface area contributed by atoms with E-state index in [1.54, 1.807) is 12.4 Å². The van der Waals surface area contributed by atoms with Crippen molar-refractivity contribution in [2.24, 2.45) is 0 Å². The zero-order chi connectivity index (χ0) is 20.9. The fourth-order valence-corrected chi connectivity index (χ4v) is 5.27. The molecule has 8 heteroatoms. The van der Waals surface area contributed by atoms with Crippen LogP contribution in [0.3, 0.4) is 0 Å². The Hall–Kier alpha value is -2.51. The average Bonchev–Trinajstić information content (AvgIpc) is 3.57. The maximum atomic E-state index is 6.37. The monoisotopic (exact) mass is 435 g/mol. The van der Waals surface area contributed by atoms with E-state index in [2.05, 4.69) is 41.6 Å². The van der Waals surface area contributed by atoms with Gasteiger partial charge in [-0.3, -0.25) is 14.5 Å². The molecule has 3 aromatic rings. The number of piperidine rings is 1. The molecule has 2 aromatic heterocycles. The van der Waals surface area contributed by atoms with Gasteiger partial charge >= 0.3 is 0 Å². The zero-order valence-corrected chi connectivity index (χ0v) is 18.5. The molecule has 0 spiro atoms. The first-order valence-electron chi connectivity index (χ1n) is 11.2. The average molecular weight is 436 g/mol. The molecule has 1 aromatic carbocycles. The summed E-state index contributed by atoms with van der Waals surface area (Å²) in [7, 11) is 0. The molecule has 2 fully saturated rings. The van der Waals surface area contributed by atoms with Gasteiger partial charge in [0.2, 0.25) is 0 Å². The van der Waals surface area contributed by atoms with Gasteiger partial charge < -0.3 is 4.90 Å². The van der Waals surface area contributed by atoms with E-state index in [0.717, 1.165) is 67.2 Å². The number of fused-ring (bicyclic) bond motifs is 3. The molecule has 3 aliphatic rings. The summed E-state index contributed by atoms with van der Waals surface area (Å²) in [6.45, 7) is 5.71. The van der Waals surface area contributed by atoms with Crippen molar-refractivity contribution in [3.05, 3.63) is 58.5 Å². The van der Waals surface area contributed by atoms with Crippen LogP contribution in [0.5, 0.6) is 0 Å². The van der Waals surface area contributed by atoms with Crippen molar-refractivity contribution in [3.8, 4) is 5.69 Å². The summed E-state index contributed by atoms with van der Waals surface area (Å²) in [6.07, 6.45) is 8.15. The topological polar surface area (TPSA) is 63.0 Å². The Morgan fingerprint density at radius 2 is 1.77 bits per heavy atom. The van der Waals surface area contributed by atoms with Gasteiger partial charge in [0.1, 0.15) is 11.6 Å². The number of benzene rings is 1. The third-order valence-corrected chi connectivity index (χ3v) is 7.07. The van der Waals surface area contributed by atoms with E-state index >= 15 is 0 Å². The minimum atomic E-state index is 0.380. The van der Waals surface area contributed by atoms with Gasteiger partial charge in [0.15, 0.2) is 5.82 Å². The molecule has 31 heavy (non-hydrogen) atoms. The van der Waals surface area contributed by atoms with Crippen molar-refractivity contribution in [2.45, 2.75) is 57.7 Å². The molecule has 4 heterocycles. The number of rotatable bonds is 3. The van der Waals surface area contributed by atoms with Gasteiger partial charge in [-0.05, 0) is 56.4 Å². The summed E-state index contributed by atoms with van der Waals surface area (Å²) in [5.41, 5.74) is 3.45. The van der Waals surface area contributed by atoms with Crippen molar-refractivity contribution < 1.29 is 0 Å². The first-order valence-corrected chi connectivity index (χ1v) is 11.5. The summed E-state index contributed by atoms with van der Waals surface area (Å²) in [6, 6.07) is 6.91. The maximum absolute atomic E-state index is 6.37. The van der Waals surface area contributed by atoms with Crippen LogP contribution in [-0.4, -0.2) is 48.8 Å². The van der Waals surface area contributed by atoms with Crippen LogP contribution in [0.15, 0.2) is 30.6 Å². The molecule has 0 amide bonds. The molecule has 6 rings (SSSR count). The normalized spacial score (nSPS) is 19.7. The summed E-state index contributed by atoms with van der Waals surface area (Å²) in [4.78, 5) is 13.8. The number of aromatic nitrogens is 5. The van der Waals surface area contributed by atoms with Gasteiger partial charge in [-0.25, -0.2) is 4.98 Å². The van der Waals surface area contributed by atoms with Crippen LogP contribution >= 0.6 is 11.6 Å². The lowest BCUT2D eigenvalue weighted by Crippen LogP contribution is -2.35. The molecule has 0 bridgehead atoms. The summed E-state index contributed by atoms with van der Waals surface area (Å²) < 4.78 is 2.32. The highest BCUT2D eigenvalue weighted by atomic mass is 35.5. The number of aryl methyl sites for hydroxylation is 1. The van der Waals surface area contributed by atoms with E-state index in [4.69, 9.17) is 16.7 Å². The van der Waals surface area contributed by atoms with Gasteiger partial charge in [0, 0.05) is 49.0 Å². The third-order valence-electron chi connectivity index (χ3n) is 6.83. The van der Waals surface area contributed by atoms with E-state index in [1.807, 2.05) is 13.0 Å². The number of anilines is 1. The number of hydrogen-bond acceptors (Lipinski definition) is 6. The lowest BCUT2D eigenvalue weighted by Gasteiger charge is -2.33. The molecular weight excluding hydrogens is 410 g/mol. The lowest BCUT2D eigenvalue weighted by molar-refractivity contribution is 0.243. The van der Waals surface area contributed by atoms with Crippen LogP contribution in [0, 0.1) is 6.92 Å². The minimum Gasteiger partial charge on any atom is -0.355 e. The van der Waals surface area contributed by atoms with E-state index in [-0.39, 0.29) is 0 Å². The highest BCUT2D eigenvalue weighted by molar-refractivity contribution is 6.30. The highest BCUT2D eigenvalue weighted by Gasteiger charge is 2.35. The highest BCUT2D eigenvalue weighted by Crippen LogP contribution is 2.37. The molecule has 1 saturated heterocycles. The van der Waals surface area contributed by atoms with E-state index < -0.39 is 0 Å². The molecule has 1 saturated carbocycles. The van der Waals surface area contributed by atoms with E-state index in [1.165, 1.54) is 24.1 Å². The maximum Gasteiger partial charge on any atom is 0.151 e. The Kier molecular flexibility index (Phi) is 4.69. The molecule has 0 radical (unpaired) electrons. The number of nitrogens with zero attached hydrogens (tertiary/aromatic N) is 7. The largest absolute Gasteiger partial charge is 0.355 e. The third kappa shape index (κ3) is 3.49. The second-order valence-corrected chi connectivity index (χ2v) is 9.38. The van der Waals surface area contributed by atoms with Gasteiger partial charge in [0.25, 0.3) is 0 Å². The first-order chi connectivity index (χ1) is 15.2. The van der Waals surface area contributed by atoms with Crippen molar-refractivity contribution in [1.29, 1.82) is 0 Å². The van der Waals surface area contributed by atoms with Crippen LogP contribution in [0.4, 0.5) is 5.82 Å². The van der Waals surface area contributed by atoms with E-state index in [0.29, 0.717) is 12.0 Å². The number of hydrogen-bond donors (Lipinski definition) is 0. The Labute approximate surface area is 187 Å². The van der Waals surface area contributed by atoms with Gasteiger partial charge in [-0.2, -0.15) is 0 Å². The molecular formula is C23H26ClN7. The SMILES string of the molecule is Cc1nccnc1N1CCC(c2nnc3n2-c2ccc(Cl)cc2CN(C2CC2)C3)CC1. The fraction of sp³-hybridized carbons (Fsp3) is 0.478. The molecule has 160 valence electrons. The molecule has 2 aliphatic heterocycles. The Morgan fingerprint density at radius 3 is 2.55 bits per heavy atom. The van der Waals surface area contributed by atoms with Crippen LogP contribution in [0.1, 0.15) is 54.5 Å². The van der Waals surface area contributed by atoms with Crippen LogP contribution in [0.2, 0.25) is 5.02 Å². The number of halogens is 1. The van der Waals surface area contributed by atoms with E-state index in [9.17, 15) is 0 Å². The fourth-order valence-electron chi connectivity index (χ4n) is 5.07. The van der Waals surface area contributed by atoms with Crippen molar-refractivity contribution in [1.82, 2.24) is 29.6 Å². The van der Waals surface area contributed by atoms with Crippen molar-refractivity contribution in [3.63, 3.8) is 0 Å². The summed E-state index contributed by atoms with van der Waals surface area (Å²) >= 11 is 6.37. The molecule has 0 atom stereocenters. The predicted octanol–water partition coefficient (Wildman–Crippen LogP) is 3.88. The standard InChI is InChI=1S/C23H26ClN7/c1-15-22(26-9-8-25-15)29-10-6-16(7-11-29)23-28-27-21-14-30(19-3-4-19)13-17-12-18(24)2-5-20(17)31(21)23/h2,5,8-9,12,16,19H,3-4,6-7,10-11,13-14H2,1H3. The van der Waals surface area contributed by atoms with Gasteiger partial charge in [-0.1, -0.05) is 11.6 Å². The second-order valence-electron chi connectivity index (χ2n) is 8.95. The van der Waals surface area contributed by atoms with Gasteiger partial charge in [-0.15, -0.1) is 10.2 Å². The Bertz CT molecular complexity index is 1110. The molecule has 0 N–H and O–H groups in total.